The van der Waals surface area contributed by atoms with Crippen molar-refractivity contribution in [2.45, 2.75) is 26.2 Å². The van der Waals surface area contributed by atoms with Crippen LogP contribution in [0, 0.1) is 5.82 Å². The van der Waals surface area contributed by atoms with Crippen LogP contribution in [0.4, 0.5) is 10.1 Å². The molecule has 0 bridgehead atoms. The van der Waals surface area contributed by atoms with E-state index in [2.05, 4.69) is 5.32 Å². The highest BCUT2D eigenvalue weighted by molar-refractivity contribution is 7.92. The molecule has 0 aliphatic carbocycles. The Morgan fingerprint density at radius 2 is 1.81 bits per heavy atom. The van der Waals surface area contributed by atoms with Gasteiger partial charge >= 0.3 is 0 Å². The molecule has 0 saturated carbocycles. The normalized spacial score (nSPS) is 11.2. The molecule has 5 nitrogen and oxygen atoms in total. The van der Waals surface area contributed by atoms with Crippen molar-refractivity contribution in [1.29, 1.82) is 0 Å². The average molecular weight is 379 g/mol. The zero-order valence-corrected chi connectivity index (χ0v) is 15.4. The highest BCUT2D eigenvalue weighted by atomic mass is 32.2. The summed E-state index contributed by atoms with van der Waals surface area (Å²) in [5.41, 5.74) is 0.463. The van der Waals surface area contributed by atoms with Crippen molar-refractivity contribution >= 4 is 21.4 Å². The molecule has 2 aromatic carbocycles. The van der Waals surface area contributed by atoms with Gasteiger partial charge < -0.3 is 10.1 Å². The summed E-state index contributed by atoms with van der Waals surface area (Å²) in [6.45, 7) is 1.99. The molecule has 0 fully saturated rings. The summed E-state index contributed by atoms with van der Waals surface area (Å²) < 4.78 is 42.4. The quantitative estimate of drug-likeness (QED) is 0.664. The molecule has 26 heavy (non-hydrogen) atoms. The molecule has 2 aromatic rings. The molecular formula is C19H22FNO4S. The van der Waals surface area contributed by atoms with Crippen molar-refractivity contribution in [2.75, 3.05) is 16.8 Å². The Labute approximate surface area is 153 Å². The van der Waals surface area contributed by atoms with Crippen LogP contribution in [-0.2, 0) is 14.6 Å². The van der Waals surface area contributed by atoms with E-state index in [9.17, 15) is 17.6 Å². The zero-order valence-electron chi connectivity index (χ0n) is 14.6. The molecule has 0 radical (unpaired) electrons. The van der Waals surface area contributed by atoms with Gasteiger partial charge in [0.15, 0.2) is 9.84 Å². The van der Waals surface area contributed by atoms with E-state index < -0.39 is 27.3 Å². The van der Waals surface area contributed by atoms with E-state index in [1.807, 2.05) is 6.92 Å². The summed E-state index contributed by atoms with van der Waals surface area (Å²) in [6.07, 6.45) is 2.32. The number of sulfone groups is 1. The Kier molecular flexibility index (Phi) is 7.15. The van der Waals surface area contributed by atoms with Gasteiger partial charge in [0.1, 0.15) is 23.1 Å². The minimum atomic E-state index is -3.40. The first-order chi connectivity index (χ1) is 12.4. The molecule has 1 N–H and O–H groups in total. The number of benzene rings is 2. The van der Waals surface area contributed by atoms with Gasteiger partial charge in [-0.1, -0.05) is 25.8 Å². The molecular weight excluding hydrogens is 357 g/mol. The van der Waals surface area contributed by atoms with Crippen LogP contribution in [0.25, 0.3) is 0 Å². The van der Waals surface area contributed by atoms with Gasteiger partial charge in [0.2, 0.25) is 5.91 Å². The number of ether oxygens (including phenoxy) is 1. The highest BCUT2D eigenvalue weighted by Gasteiger charge is 2.16. The van der Waals surface area contributed by atoms with Gasteiger partial charge in [-0.05, 0) is 42.8 Å². The van der Waals surface area contributed by atoms with Crippen molar-refractivity contribution in [3.8, 4) is 11.5 Å². The number of anilines is 1. The average Bonchev–Trinajstić information content (AvgIpc) is 2.56. The van der Waals surface area contributed by atoms with Crippen LogP contribution >= 0.6 is 0 Å². The fraction of sp³-hybridized carbons (Fsp3) is 0.316. The van der Waals surface area contributed by atoms with Crippen molar-refractivity contribution in [1.82, 2.24) is 0 Å². The molecule has 2 rings (SSSR count). The van der Waals surface area contributed by atoms with Gasteiger partial charge in [-0.2, -0.15) is 0 Å². The molecule has 140 valence electrons. The summed E-state index contributed by atoms with van der Waals surface area (Å²) in [4.78, 5) is 11.9. The molecule has 0 unspecified atom stereocenters. The fourth-order valence-electron chi connectivity index (χ4n) is 2.31. The van der Waals surface area contributed by atoms with Gasteiger partial charge in [-0.3, -0.25) is 4.79 Å². The summed E-state index contributed by atoms with van der Waals surface area (Å²) in [5, 5.41) is 2.55. The number of carbonyl (C=O) groups is 1. The number of amides is 1. The lowest BCUT2D eigenvalue weighted by molar-refractivity contribution is -0.113. The third kappa shape index (κ3) is 6.84. The van der Waals surface area contributed by atoms with E-state index in [1.54, 1.807) is 36.4 Å². The Morgan fingerprint density at radius 1 is 1.08 bits per heavy atom. The highest BCUT2D eigenvalue weighted by Crippen LogP contribution is 2.23. The number of unbranched alkanes of at least 4 members (excludes halogenated alkanes) is 2. The van der Waals surface area contributed by atoms with Crippen molar-refractivity contribution in [2.24, 2.45) is 0 Å². The second-order valence-corrected chi connectivity index (χ2v) is 8.12. The molecule has 0 atom stereocenters. The predicted octanol–water partition coefficient (Wildman–Crippen LogP) is 4.16. The SMILES string of the molecule is CCCCCS(=O)(=O)CC(=O)Nc1ccc(Oc2cccc(F)c2)cc1. The largest absolute Gasteiger partial charge is 0.457 e. The smallest absolute Gasteiger partial charge is 0.239 e. The lowest BCUT2D eigenvalue weighted by Gasteiger charge is -2.09. The number of carbonyl (C=O) groups excluding carboxylic acids is 1. The van der Waals surface area contributed by atoms with E-state index in [4.69, 9.17) is 4.74 Å². The third-order valence-corrected chi connectivity index (χ3v) is 5.19. The van der Waals surface area contributed by atoms with Gasteiger partial charge in [-0.25, -0.2) is 12.8 Å². The summed E-state index contributed by atoms with van der Waals surface area (Å²) in [5.74, 6) is -0.639. The number of hydrogen-bond donors (Lipinski definition) is 1. The van der Waals surface area contributed by atoms with E-state index in [-0.39, 0.29) is 5.75 Å². The minimum Gasteiger partial charge on any atom is -0.457 e. The van der Waals surface area contributed by atoms with Gasteiger partial charge in [0.05, 0.1) is 5.75 Å². The lowest BCUT2D eigenvalue weighted by Crippen LogP contribution is -2.24. The lowest BCUT2D eigenvalue weighted by atomic mass is 10.3. The van der Waals surface area contributed by atoms with Crippen molar-refractivity contribution < 1.29 is 22.3 Å². The first-order valence-electron chi connectivity index (χ1n) is 8.42. The molecule has 1 amide bonds. The second kappa shape index (κ2) is 9.33. The van der Waals surface area contributed by atoms with E-state index in [0.717, 1.165) is 12.8 Å². The van der Waals surface area contributed by atoms with Crippen LogP contribution < -0.4 is 10.1 Å². The summed E-state index contributed by atoms with van der Waals surface area (Å²) in [7, 11) is -3.40. The molecule has 0 aliphatic rings. The predicted molar refractivity (Wildman–Crippen MR) is 99.7 cm³/mol. The van der Waals surface area contributed by atoms with E-state index in [1.165, 1.54) is 12.1 Å². The van der Waals surface area contributed by atoms with E-state index >= 15 is 0 Å². The summed E-state index contributed by atoms with van der Waals surface area (Å²) >= 11 is 0. The van der Waals surface area contributed by atoms with Gasteiger partial charge in [0.25, 0.3) is 0 Å². The van der Waals surface area contributed by atoms with E-state index in [0.29, 0.717) is 23.6 Å². The van der Waals surface area contributed by atoms with Crippen LogP contribution in [0.5, 0.6) is 11.5 Å². The Bertz CT molecular complexity index is 835. The zero-order chi connectivity index (χ0) is 19.0. The fourth-order valence-corrected chi connectivity index (χ4v) is 3.57. The Morgan fingerprint density at radius 3 is 2.46 bits per heavy atom. The van der Waals surface area contributed by atoms with Gasteiger partial charge in [0, 0.05) is 11.8 Å². The number of hydrogen-bond acceptors (Lipinski definition) is 4. The van der Waals surface area contributed by atoms with Gasteiger partial charge in [-0.15, -0.1) is 0 Å². The maximum atomic E-state index is 13.1. The monoisotopic (exact) mass is 379 g/mol. The Balaban J connectivity index is 1.89. The molecule has 7 heteroatoms. The number of halogens is 1. The first-order valence-corrected chi connectivity index (χ1v) is 10.2. The minimum absolute atomic E-state index is 0.0225. The van der Waals surface area contributed by atoms with Crippen LogP contribution in [0.3, 0.4) is 0 Å². The third-order valence-electron chi connectivity index (χ3n) is 3.58. The van der Waals surface area contributed by atoms with Crippen LogP contribution in [0.15, 0.2) is 48.5 Å². The maximum Gasteiger partial charge on any atom is 0.239 e. The number of rotatable bonds is 9. The second-order valence-electron chi connectivity index (χ2n) is 5.93. The Hall–Kier alpha value is -2.41. The maximum absolute atomic E-state index is 13.1. The molecule has 0 heterocycles. The molecule has 0 saturated heterocycles. The number of nitrogens with one attached hydrogen (secondary N) is 1. The van der Waals surface area contributed by atoms with Crippen LogP contribution in [0.2, 0.25) is 0 Å². The van der Waals surface area contributed by atoms with Crippen LogP contribution in [0.1, 0.15) is 26.2 Å². The molecule has 0 aliphatic heterocycles. The van der Waals surface area contributed by atoms with Crippen molar-refractivity contribution in [3.63, 3.8) is 0 Å². The first kappa shape index (κ1) is 19.9. The molecule has 0 spiro atoms. The van der Waals surface area contributed by atoms with Crippen LogP contribution in [-0.4, -0.2) is 25.8 Å². The topological polar surface area (TPSA) is 72.5 Å². The standard InChI is InChI=1S/C19H22FNO4S/c1-2-3-4-12-26(23,24)14-19(22)21-16-8-10-17(11-9-16)25-18-7-5-6-15(20)13-18/h5-11,13H,2-4,12,14H2,1H3,(H,21,22). The van der Waals surface area contributed by atoms with Crippen molar-refractivity contribution in [3.05, 3.63) is 54.3 Å². The molecule has 0 aromatic heterocycles. The summed E-state index contributed by atoms with van der Waals surface area (Å²) in [6, 6.07) is 12.2.